The Morgan fingerprint density at radius 2 is 1.00 bits per heavy atom. The summed E-state index contributed by atoms with van der Waals surface area (Å²) in [4.78, 5) is 24.6. The fraction of sp³-hybridized carbons (Fsp3) is 0.364. The summed E-state index contributed by atoms with van der Waals surface area (Å²) in [5.74, 6) is -0.633. The number of carbonyl (C=O) groups excluding carboxylic acids is 2. The van der Waals surface area contributed by atoms with Gasteiger partial charge >= 0.3 is 11.9 Å². The molecule has 138 valence electrons. The molecule has 0 saturated heterocycles. The van der Waals surface area contributed by atoms with E-state index in [9.17, 15) is 9.59 Å². The highest BCUT2D eigenvalue weighted by atomic mass is 16.5. The van der Waals surface area contributed by atoms with E-state index in [0.717, 1.165) is 11.1 Å². The van der Waals surface area contributed by atoms with Crippen LogP contribution in [-0.2, 0) is 29.9 Å². The Morgan fingerprint density at radius 1 is 0.692 bits per heavy atom. The van der Waals surface area contributed by atoms with Gasteiger partial charge < -0.3 is 9.47 Å². The van der Waals surface area contributed by atoms with Crippen LogP contribution < -0.4 is 0 Å². The molecular formula is C22H26O4. The fourth-order valence-corrected chi connectivity index (χ4v) is 3.57. The van der Waals surface area contributed by atoms with E-state index in [1.165, 1.54) is 14.2 Å². The predicted molar refractivity (Wildman–Crippen MR) is 101 cm³/mol. The molecule has 0 N–H and O–H groups in total. The van der Waals surface area contributed by atoms with E-state index in [4.69, 9.17) is 9.47 Å². The van der Waals surface area contributed by atoms with Crippen molar-refractivity contribution < 1.29 is 19.1 Å². The summed E-state index contributed by atoms with van der Waals surface area (Å²) in [6, 6.07) is 19.6. The first-order chi connectivity index (χ1) is 12.4. The van der Waals surface area contributed by atoms with Crippen molar-refractivity contribution in [3.8, 4) is 0 Å². The molecule has 0 radical (unpaired) electrons. The number of hydrogen-bond acceptors (Lipinski definition) is 4. The number of esters is 2. The van der Waals surface area contributed by atoms with Gasteiger partial charge in [0.1, 0.15) is 0 Å². The molecule has 2 aromatic rings. The van der Waals surface area contributed by atoms with Crippen LogP contribution in [0.15, 0.2) is 60.7 Å². The second-order valence-electron chi connectivity index (χ2n) is 6.90. The molecule has 4 nitrogen and oxygen atoms in total. The number of rotatable bonds is 7. The second kappa shape index (κ2) is 8.17. The van der Waals surface area contributed by atoms with Crippen LogP contribution in [0.25, 0.3) is 0 Å². The molecule has 0 aromatic heterocycles. The lowest BCUT2D eigenvalue weighted by atomic mass is 9.56. The van der Waals surface area contributed by atoms with Crippen LogP contribution in [0.4, 0.5) is 0 Å². The molecule has 0 aliphatic heterocycles. The quantitative estimate of drug-likeness (QED) is 0.705. The van der Waals surface area contributed by atoms with Crippen molar-refractivity contribution in [2.45, 2.75) is 37.5 Å². The van der Waals surface area contributed by atoms with Gasteiger partial charge in [-0.1, -0.05) is 74.5 Å². The fourth-order valence-electron chi connectivity index (χ4n) is 3.57. The molecule has 0 aliphatic carbocycles. The van der Waals surface area contributed by atoms with Crippen molar-refractivity contribution >= 4 is 11.9 Å². The standard InChI is InChI=1S/C22H26O4/c1-21(15-19(23)25-3,17-11-7-5-8-12-17)22(2,16-20(24)26-4)18-13-9-6-10-14-18/h5-14H,15-16H2,1-4H3. The van der Waals surface area contributed by atoms with Crippen molar-refractivity contribution in [2.24, 2.45) is 0 Å². The summed E-state index contributed by atoms with van der Waals surface area (Å²) in [6.45, 7) is 4.02. The summed E-state index contributed by atoms with van der Waals surface area (Å²) >= 11 is 0. The van der Waals surface area contributed by atoms with Crippen LogP contribution in [0.1, 0.15) is 37.8 Å². The average molecular weight is 354 g/mol. The number of hydrogen-bond donors (Lipinski definition) is 0. The van der Waals surface area contributed by atoms with Crippen LogP contribution in [0, 0.1) is 0 Å². The van der Waals surface area contributed by atoms with Crippen LogP contribution in [0.5, 0.6) is 0 Å². The molecule has 2 atom stereocenters. The van der Waals surface area contributed by atoms with Crippen molar-refractivity contribution in [3.63, 3.8) is 0 Å². The van der Waals surface area contributed by atoms with Gasteiger partial charge in [0.25, 0.3) is 0 Å². The van der Waals surface area contributed by atoms with Gasteiger partial charge in [0.2, 0.25) is 0 Å². The Bertz CT molecular complexity index is 676. The number of ether oxygens (including phenoxy) is 2. The summed E-state index contributed by atoms with van der Waals surface area (Å²) < 4.78 is 9.95. The highest BCUT2D eigenvalue weighted by molar-refractivity contribution is 5.75. The molecule has 4 heteroatoms. The van der Waals surface area contributed by atoms with Crippen LogP contribution in [0.3, 0.4) is 0 Å². The maximum atomic E-state index is 12.3. The van der Waals surface area contributed by atoms with E-state index in [1.807, 2.05) is 74.5 Å². The minimum absolute atomic E-state index is 0.149. The Morgan fingerprint density at radius 3 is 1.27 bits per heavy atom. The minimum Gasteiger partial charge on any atom is -0.469 e. The molecule has 0 saturated carbocycles. The first-order valence-electron chi connectivity index (χ1n) is 8.62. The Balaban J connectivity index is 2.69. The van der Waals surface area contributed by atoms with Gasteiger partial charge in [-0.3, -0.25) is 9.59 Å². The molecule has 0 aliphatic rings. The lowest BCUT2D eigenvalue weighted by molar-refractivity contribution is -0.146. The zero-order valence-corrected chi connectivity index (χ0v) is 15.8. The highest BCUT2D eigenvalue weighted by Crippen LogP contribution is 2.49. The summed E-state index contributed by atoms with van der Waals surface area (Å²) in [5.41, 5.74) is 0.606. The number of carbonyl (C=O) groups is 2. The van der Waals surface area contributed by atoms with E-state index >= 15 is 0 Å². The molecular weight excluding hydrogens is 328 g/mol. The predicted octanol–water partition coefficient (Wildman–Crippen LogP) is 4.03. The SMILES string of the molecule is COC(=O)CC(C)(c1ccccc1)C(C)(CC(=O)OC)c1ccccc1. The van der Waals surface area contributed by atoms with Crippen LogP contribution in [0.2, 0.25) is 0 Å². The molecule has 2 rings (SSSR count). The van der Waals surface area contributed by atoms with Crippen molar-refractivity contribution in [3.05, 3.63) is 71.8 Å². The molecule has 0 spiro atoms. The lowest BCUT2D eigenvalue weighted by Crippen LogP contribution is -2.48. The Hall–Kier alpha value is -2.62. The van der Waals surface area contributed by atoms with E-state index < -0.39 is 10.8 Å². The lowest BCUT2D eigenvalue weighted by Gasteiger charge is -2.46. The molecule has 26 heavy (non-hydrogen) atoms. The van der Waals surface area contributed by atoms with Gasteiger partial charge in [0.15, 0.2) is 0 Å². The van der Waals surface area contributed by atoms with Gasteiger partial charge in [0.05, 0.1) is 27.1 Å². The maximum absolute atomic E-state index is 12.3. The Labute approximate surface area is 155 Å². The first kappa shape index (κ1) is 19.7. The monoisotopic (exact) mass is 354 g/mol. The molecule has 0 bridgehead atoms. The van der Waals surface area contributed by atoms with E-state index in [1.54, 1.807) is 0 Å². The zero-order valence-electron chi connectivity index (χ0n) is 15.8. The highest BCUT2D eigenvalue weighted by Gasteiger charge is 2.49. The average Bonchev–Trinajstić information content (AvgIpc) is 2.68. The third kappa shape index (κ3) is 3.79. The zero-order chi connectivity index (χ0) is 19.2. The normalized spacial score (nSPS) is 15.4. The number of benzene rings is 2. The molecule has 2 aromatic carbocycles. The summed E-state index contributed by atoms with van der Waals surface area (Å²) in [5, 5.41) is 0. The first-order valence-corrected chi connectivity index (χ1v) is 8.62. The molecule has 0 fully saturated rings. The third-order valence-corrected chi connectivity index (χ3v) is 5.49. The van der Waals surface area contributed by atoms with Gasteiger partial charge in [-0.05, 0) is 11.1 Å². The van der Waals surface area contributed by atoms with Gasteiger partial charge in [-0.2, -0.15) is 0 Å². The summed E-state index contributed by atoms with van der Waals surface area (Å²) in [7, 11) is 2.77. The topological polar surface area (TPSA) is 52.6 Å². The van der Waals surface area contributed by atoms with Crippen LogP contribution >= 0.6 is 0 Å². The second-order valence-corrected chi connectivity index (χ2v) is 6.90. The minimum atomic E-state index is -0.670. The maximum Gasteiger partial charge on any atom is 0.306 e. The van der Waals surface area contributed by atoms with E-state index in [-0.39, 0.29) is 24.8 Å². The van der Waals surface area contributed by atoms with Crippen LogP contribution in [-0.4, -0.2) is 26.2 Å². The van der Waals surface area contributed by atoms with Gasteiger partial charge in [0, 0.05) is 10.8 Å². The van der Waals surface area contributed by atoms with Crippen molar-refractivity contribution in [1.29, 1.82) is 0 Å². The molecule has 0 heterocycles. The molecule has 0 amide bonds. The van der Waals surface area contributed by atoms with Crippen molar-refractivity contribution in [1.82, 2.24) is 0 Å². The van der Waals surface area contributed by atoms with E-state index in [0.29, 0.717) is 0 Å². The Kier molecular flexibility index (Phi) is 6.19. The van der Waals surface area contributed by atoms with Crippen molar-refractivity contribution in [2.75, 3.05) is 14.2 Å². The smallest absolute Gasteiger partial charge is 0.306 e. The van der Waals surface area contributed by atoms with Gasteiger partial charge in [-0.15, -0.1) is 0 Å². The van der Waals surface area contributed by atoms with E-state index in [2.05, 4.69) is 0 Å². The third-order valence-electron chi connectivity index (χ3n) is 5.49. The number of methoxy groups -OCH3 is 2. The largest absolute Gasteiger partial charge is 0.469 e. The summed E-state index contributed by atoms with van der Waals surface area (Å²) in [6.07, 6.45) is 0.297. The van der Waals surface area contributed by atoms with Gasteiger partial charge in [-0.25, -0.2) is 0 Å². The molecule has 2 unspecified atom stereocenters.